The fourth-order valence-electron chi connectivity index (χ4n) is 8.22. The molecular formula is C20H26O5. The summed E-state index contributed by atoms with van der Waals surface area (Å²) >= 11 is 0. The van der Waals surface area contributed by atoms with Gasteiger partial charge in [0, 0.05) is 11.8 Å². The first-order chi connectivity index (χ1) is 11.8. The predicted molar refractivity (Wildman–Crippen MR) is 87.3 cm³/mol. The molecule has 0 radical (unpaired) electrons. The van der Waals surface area contributed by atoms with E-state index in [9.17, 15) is 15.0 Å². The maximum absolute atomic E-state index is 13.5. The van der Waals surface area contributed by atoms with Crippen molar-refractivity contribution in [2.75, 3.05) is 0 Å². The third kappa shape index (κ3) is 1.29. The Hall–Kier alpha value is -0.750. The monoisotopic (exact) mass is 346 g/mol. The van der Waals surface area contributed by atoms with Crippen molar-refractivity contribution in [3.05, 3.63) is 12.2 Å². The van der Waals surface area contributed by atoms with Crippen molar-refractivity contribution < 1.29 is 24.5 Å². The van der Waals surface area contributed by atoms with Gasteiger partial charge in [-0.2, -0.15) is 0 Å². The predicted octanol–water partition coefficient (Wildman–Crippen LogP) is 1.42. The number of ketones is 1. The van der Waals surface area contributed by atoms with Gasteiger partial charge in [-0.1, -0.05) is 20.4 Å². The molecule has 5 heteroatoms. The van der Waals surface area contributed by atoms with E-state index in [0.29, 0.717) is 6.42 Å². The van der Waals surface area contributed by atoms with Gasteiger partial charge in [-0.25, -0.2) is 0 Å². The van der Waals surface area contributed by atoms with Crippen LogP contribution in [-0.4, -0.2) is 46.7 Å². The first kappa shape index (κ1) is 15.3. The number of rotatable bonds is 0. The van der Waals surface area contributed by atoms with Gasteiger partial charge in [0.1, 0.15) is 6.10 Å². The smallest absolute Gasteiger partial charge is 0.171 e. The molecule has 0 aromatic rings. The minimum absolute atomic E-state index is 0.0303. The van der Waals surface area contributed by atoms with E-state index in [0.717, 1.165) is 24.8 Å². The van der Waals surface area contributed by atoms with Crippen LogP contribution in [-0.2, 0) is 14.3 Å². The Morgan fingerprint density at radius 3 is 2.72 bits per heavy atom. The molecule has 2 aliphatic heterocycles. The molecule has 0 aromatic carbocycles. The van der Waals surface area contributed by atoms with E-state index in [-0.39, 0.29) is 52.9 Å². The molecule has 5 nitrogen and oxygen atoms in total. The van der Waals surface area contributed by atoms with Gasteiger partial charge in [-0.15, -0.1) is 0 Å². The van der Waals surface area contributed by atoms with Crippen LogP contribution in [0.3, 0.4) is 0 Å². The summed E-state index contributed by atoms with van der Waals surface area (Å²) in [5, 5.41) is 22.3. The Bertz CT molecular complexity index is 715. The summed E-state index contributed by atoms with van der Waals surface area (Å²) < 4.78 is 12.4. The van der Waals surface area contributed by atoms with E-state index in [4.69, 9.17) is 9.47 Å². The number of fused-ring (bicyclic) bond motifs is 1. The van der Waals surface area contributed by atoms with Gasteiger partial charge in [0.05, 0.1) is 29.1 Å². The zero-order valence-corrected chi connectivity index (χ0v) is 14.8. The lowest BCUT2D eigenvalue weighted by atomic mass is 9.37. The highest BCUT2D eigenvalue weighted by Crippen LogP contribution is 2.78. The van der Waals surface area contributed by atoms with Crippen LogP contribution in [0, 0.1) is 34.0 Å². The molecule has 10 unspecified atom stereocenters. The van der Waals surface area contributed by atoms with Crippen LogP contribution < -0.4 is 0 Å². The molecule has 136 valence electrons. The average molecular weight is 346 g/mol. The third-order valence-corrected chi connectivity index (χ3v) is 8.96. The van der Waals surface area contributed by atoms with Gasteiger partial charge in [0.2, 0.25) is 0 Å². The maximum atomic E-state index is 13.5. The zero-order valence-electron chi connectivity index (χ0n) is 14.8. The van der Waals surface area contributed by atoms with Crippen molar-refractivity contribution in [1.82, 2.24) is 0 Å². The highest BCUT2D eigenvalue weighted by Gasteiger charge is 2.86. The lowest BCUT2D eigenvalue weighted by Crippen LogP contribution is -2.78. The van der Waals surface area contributed by atoms with Gasteiger partial charge in [-0.05, 0) is 42.6 Å². The van der Waals surface area contributed by atoms with Crippen LogP contribution in [0.5, 0.6) is 0 Å². The number of hydrogen-bond donors (Lipinski definition) is 2. The number of Topliss-reactive ketones (excluding diaryl/α,β-unsaturated/α-hetero) is 1. The number of aliphatic hydroxyl groups is 2. The number of carbonyl (C=O) groups excluding carboxylic acids is 1. The van der Waals surface area contributed by atoms with Crippen LogP contribution in [0.4, 0.5) is 0 Å². The first-order valence-corrected chi connectivity index (χ1v) is 9.66. The first-order valence-electron chi connectivity index (χ1n) is 9.66. The van der Waals surface area contributed by atoms with Crippen molar-refractivity contribution in [2.24, 2.45) is 34.0 Å². The van der Waals surface area contributed by atoms with Crippen molar-refractivity contribution in [3.63, 3.8) is 0 Å². The lowest BCUT2D eigenvalue weighted by Gasteiger charge is -2.70. The third-order valence-electron chi connectivity index (χ3n) is 8.96. The van der Waals surface area contributed by atoms with Crippen LogP contribution in [0.15, 0.2) is 12.2 Å². The Balaban J connectivity index is 1.63. The van der Waals surface area contributed by atoms with Gasteiger partial charge in [0.15, 0.2) is 12.1 Å². The van der Waals surface area contributed by atoms with Crippen LogP contribution in [0.1, 0.15) is 39.5 Å². The fraction of sp³-hybridized carbons (Fsp3) is 0.850. The quantitative estimate of drug-likeness (QED) is 0.649. The molecule has 25 heavy (non-hydrogen) atoms. The van der Waals surface area contributed by atoms with Crippen molar-refractivity contribution >= 4 is 5.78 Å². The summed E-state index contributed by atoms with van der Waals surface area (Å²) in [6.45, 7) is 8.42. The van der Waals surface area contributed by atoms with E-state index in [1.54, 1.807) is 0 Å². The van der Waals surface area contributed by atoms with Crippen LogP contribution in [0.2, 0.25) is 0 Å². The summed E-state index contributed by atoms with van der Waals surface area (Å²) in [6, 6.07) is 0. The van der Waals surface area contributed by atoms with Crippen LogP contribution >= 0.6 is 0 Å². The summed E-state index contributed by atoms with van der Waals surface area (Å²) in [5.74, 6) is -0.287. The minimum Gasteiger partial charge on any atom is -0.388 e. The molecule has 10 atom stereocenters. The van der Waals surface area contributed by atoms with E-state index < -0.39 is 17.6 Å². The van der Waals surface area contributed by atoms with Gasteiger partial charge < -0.3 is 19.7 Å². The summed E-state index contributed by atoms with van der Waals surface area (Å²) in [7, 11) is 0. The van der Waals surface area contributed by atoms with Gasteiger partial charge >= 0.3 is 0 Å². The number of ether oxygens (including phenoxy) is 2. The van der Waals surface area contributed by atoms with Crippen molar-refractivity contribution in [1.29, 1.82) is 0 Å². The molecule has 6 fully saturated rings. The Kier molecular flexibility index (Phi) is 2.49. The van der Waals surface area contributed by atoms with Gasteiger partial charge in [-0.3, -0.25) is 4.79 Å². The highest BCUT2D eigenvalue weighted by atomic mass is 16.7. The molecule has 2 saturated heterocycles. The molecule has 6 rings (SSSR count). The second-order valence-corrected chi connectivity index (χ2v) is 10.1. The molecule has 2 heterocycles. The Morgan fingerprint density at radius 2 is 1.96 bits per heavy atom. The topological polar surface area (TPSA) is 76.0 Å². The molecule has 4 saturated carbocycles. The van der Waals surface area contributed by atoms with E-state index in [1.807, 2.05) is 0 Å². The highest BCUT2D eigenvalue weighted by molar-refractivity contribution is 5.93. The number of carbonyl (C=O) groups is 1. The second kappa shape index (κ2) is 4.06. The largest absolute Gasteiger partial charge is 0.388 e. The lowest BCUT2D eigenvalue weighted by molar-refractivity contribution is -0.382. The van der Waals surface area contributed by atoms with E-state index in [2.05, 4.69) is 20.4 Å². The molecule has 4 aliphatic carbocycles. The average Bonchev–Trinajstić information content (AvgIpc) is 2.89. The zero-order chi connectivity index (χ0) is 17.5. The second-order valence-electron chi connectivity index (χ2n) is 10.1. The fourth-order valence-corrected chi connectivity index (χ4v) is 8.22. The van der Waals surface area contributed by atoms with Gasteiger partial charge in [0.25, 0.3) is 0 Å². The molecule has 0 aromatic heterocycles. The normalized spacial score (nSPS) is 63.0. The number of hydrogen-bond acceptors (Lipinski definition) is 5. The Labute approximate surface area is 147 Å². The summed E-state index contributed by atoms with van der Waals surface area (Å²) in [4.78, 5) is 13.5. The minimum atomic E-state index is -1.05. The van der Waals surface area contributed by atoms with Crippen molar-refractivity contribution in [2.45, 2.75) is 70.2 Å². The molecule has 2 spiro atoms. The summed E-state index contributed by atoms with van der Waals surface area (Å²) in [5.41, 5.74) is -0.650. The molecular weight excluding hydrogens is 320 g/mol. The SMILES string of the molecule is C=C1C2CC3OC4OC5CCC(C)(C)C6C(O)C(=O)C(C2)(C1O)C3C546. The van der Waals surface area contributed by atoms with E-state index >= 15 is 0 Å². The molecule has 0 amide bonds. The maximum Gasteiger partial charge on any atom is 0.171 e. The molecule has 6 aliphatic rings. The van der Waals surface area contributed by atoms with E-state index in [1.165, 1.54) is 0 Å². The molecule has 2 N–H and O–H groups in total. The van der Waals surface area contributed by atoms with Crippen molar-refractivity contribution in [3.8, 4) is 0 Å². The number of aliphatic hydroxyl groups excluding tert-OH is 2. The molecule has 2 bridgehead atoms. The van der Waals surface area contributed by atoms with Crippen LogP contribution in [0.25, 0.3) is 0 Å². The Morgan fingerprint density at radius 1 is 1.20 bits per heavy atom. The standard InChI is InChI=1S/C20H26O5/c1-8-9-6-10-13-19(7-9,15(8)22)16(23)12(21)14-18(2,3)5-4-11-20(13,14)17(24-10)25-11/h9-15,17,21-22H,1,4-7H2,2-3H3. The summed E-state index contributed by atoms with van der Waals surface area (Å²) in [6.07, 6.45) is 0.998.